The average Bonchev–Trinajstić information content (AvgIpc) is 2.74. The van der Waals surface area contributed by atoms with Crippen molar-refractivity contribution in [2.45, 2.75) is 26.9 Å². The minimum Gasteiger partial charge on any atom is -0.354 e. The number of anilines is 1. The summed E-state index contributed by atoms with van der Waals surface area (Å²) < 4.78 is 0. The maximum Gasteiger partial charge on any atom is 0.131 e. The van der Waals surface area contributed by atoms with E-state index in [-0.39, 0.29) is 0 Å². The van der Waals surface area contributed by atoms with Crippen molar-refractivity contribution in [2.24, 2.45) is 5.73 Å². The molecule has 18 heavy (non-hydrogen) atoms. The summed E-state index contributed by atoms with van der Waals surface area (Å²) >= 11 is 1.69. The van der Waals surface area contributed by atoms with Crippen LogP contribution in [-0.4, -0.2) is 17.0 Å². The van der Waals surface area contributed by atoms with Crippen molar-refractivity contribution in [1.29, 1.82) is 0 Å². The summed E-state index contributed by atoms with van der Waals surface area (Å²) in [5.41, 5.74) is 10.8. The molecule has 0 saturated carbocycles. The van der Waals surface area contributed by atoms with Crippen molar-refractivity contribution in [3.05, 3.63) is 39.5 Å². The molecule has 0 bridgehead atoms. The van der Waals surface area contributed by atoms with Gasteiger partial charge in [-0.2, -0.15) is 0 Å². The van der Waals surface area contributed by atoms with E-state index >= 15 is 0 Å². The van der Waals surface area contributed by atoms with Crippen molar-refractivity contribution in [3.8, 4) is 0 Å². The summed E-state index contributed by atoms with van der Waals surface area (Å²) in [5, 5.41) is 0. The summed E-state index contributed by atoms with van der Waals surface area (Å²) in [6, 6.07) is 2.10. The number of aryl methyl sites for hydroxylation is 2. The van der Waals surface area contributed by atoms with Crippen LogP contribution >= 0.6 is 11.3 Å². The smallest absolute Gasteiger partial charge is 0.131 e. The lowest BCUT2D eigenvalue weighted by Crippen LogP contribution is -2.19. The lowest BCUT2D eigenvalue weighted by Gasteiger charge is -2.20. The number of pyridine rings is 1. The Morgan fingerprint density at radius 2 is 2.11 bits per heavy atom. The van der Waals surface area contributed by atoms with Gasteiger partial charge in [-0.3, -0.25) is 0 Å². The zero-order valence-corrected chi connectivity index (χ0v) is 11.8. The third kappa shape index (κ3) is 2.68. The van der Waals surface area contributed by atoms with E-state index < -0.39 is 0 Å². The molecule has 2 heterocycles. The molecule has 2 N–H and O–H groups in total. The first-order valence-corrected chi connectivity index (χ1v) is 6.75. The van der Waals surface area contributed by atoms with E-state index in [1.165, 1.54) is 4.88 Å². The molecule has 0 saturated heterocycles. The summed E-state index contributed by atoms with van der Waals surface area (Å²) in [4.78, 5) is 12.2. The Morgan fingerprint density at radius 3 is 2.67 bits per heavy atom. The first kappa shape index (κ1) is 13.0. The number of nitrogens with two attached hydrogens (primary N) is 1. The molecule has 0 aliphatic heterocycles. The molecule has 0 atom stereocenters. The molecule has 0 aliphatic carbocycles. The molecule has 0 amide bonds. The highest BCUT2D eigenvalue weighted by molar-refractivity contribution is 7.09. The maximum absolute atomic E-state index is 5.61. The highest BCUT2D eigenvalue weighted by Gasteiger charge is 2.10. The third-order valence-corrected chi connectivity index (χ3v) is 3.85. The van der Waals surface area contributed by atoms with Crippen LogP contribution in [0.25, 0.3) is 0 Å². The zero-order chi connectivity index (χ0) is 13.1. The van der Waals surface area contributed by atoms with Gasteiger partial charge in [0.15, 0.2) is 0 Å². The molecule has 2 rings (SSSR count). The molecule has 5 heteroatoms. The lowest BCUT2D eigenvalue weighted by atomic mass is 10.2. The molecule has 0 fully saturated rings. The molecular weight excluding hydrogens is 244 g/mol. The summed E-state index contributed by atoms with van der Waals surface area (Å²) in [5.74, 6) is 1.00. The van der Waals surface area contributed by atoms with Gasteiger partial charge in [0, 0.05) is 24.7 Å². The Kier molecular flexibility index (Phi) is 3.93. The number of rotatable bonds is 4. The molecule has 2 aromatic rings. The van der Waals surface area contributed by atoms with Crippen LogP contribution in [0.2, 0.25) is 0 Å². The number of nitrogens with zero attached hydrogens (tertiary/aromatic N) is 3. The highest BCUT2D eigenvalue weighted by atomic mass is 32.1. The second kappa shape index (κ2) is 5.46. The Hall–Kier alpha value is -1.46. The van der Waals surface area contributed by atoms with Crippen LogP contribution in [-0.2, 0) is 13.1 Å². The van der Waals surface area contributed by atoms with E-state index in [1.54, 1.807) is 11.3 Å². The van der Waals surface area contributed by atoms with Gasteiger partial charge in [0.2, 0.25) is 0 Å². The van der Waals surface area contributed by atoms with Crippen molar-refractivity contribution in [3.63, 3.8) is 0 Å². The van der Waals surface area contributed by atoms with Gasteiger partial charge in [0.05, 0.1) is 17.7 Å². The molecule has 0 radical (unpaired) electrons. The largest absolute Gasteiger partial charge is 0.354 e. The van der Waals surface area contributed by atoms with Crippen LogP contribution in [0.1, 0.15) is 21.7 Å². The SMILES string of the molecule is Cc1cc(CN)cnc1N(C)Cc1scnc1C. The van der Waals surface area contributed by atoms with Crippen LogP contribution in [0.3, 0.4) is 0 Å². The van der Waals surface area contributed by atoms with Crippen LogP contribution in [0, 0.1) is 13.8 Å². The molecule has 0 spiro atoms. The number of hydrogen-bond donors (Lipinski definition) is 1. The second-order valence-electron chi connectivity index (χ2n) is 4.41. The van der Waals surface area contributed by atoms with Gasteiger partial charge >= 0.3 is 0 Å². The molecule has 2 aromatic heterocycles. The first-order valence-electron chi connectivity index (χ1n) is 5.87. The summed E-state index contributed by atoms with van der Waals surface area (Å²) in [6.45, 7) is 5.48. The summed E-state index contributed by atoms with van der Waals surface area (Å²) in [7, 11) is 2.05. The van der Waals surface area contributed by atoms with Crippen molar-refractivity contribution in [1.82, 2.24) is 9.97 Å². The Morgan fingerprint density at radius 1 is 1.33 bits per heavy atom. The molecule has 96 valence electrons. The standard InChI is InChI=1S/C13H18N4S/c1-9-4-11(5-14)6-15-13(9)17(3)7-12-10(2)16-8-18-12/h4,6,8H,5,7,14H2,1-3H3. The van der Waals surface area contributed by atoms with E-state index in [4.69, 9.17) is 5.73 Å². The van der Waals surface area contributed by atoms with Crippen LogP contribution in [0.15, 0.2) is 17.8 Å². The van der Waals surface area contributed by atoms with Crippen molar-refractivity contribution in [2.75, 3.05) is 11.9 Å². The van der Waals surface area contributed by atoms with E-state index in [1.807, 2.05) is 18.6 Å². The van der Waals surface area contributed by atoms with E-state index in [2.05, 4.69) is 34.9 Å². The topological polar surface area (TPSA) is 55.0 Å². The molecule has 0 aliphatic rings. The first-order chi connectivity index (χ1) is 8.61. The third-order valence-electron chi connectivity index (χ3n) is 2.93. The van der Waals surface area contributed by atoms with Crippen LogP contribution in [0.4, 0.5) is 5.82 Å². The monoisotopic (exact) mass is 262 g/mol. The van der Waals surface area contributed by atoms with Crippen LogP contribution in [0.5, 0.6) is 0 Å². The van der Waals surface area contributed by atoms with E-state index in [0.717, 1.165) is 29.2 Å². The lowest BCUT2D eigenvalue weighted by molar-refractivity contribution is 0.888. The Balaban J connectivity index is 2.19. The predicted molar refractivity (Wildman–Crippen MR) is 75.8 cm³/mol. The van der Waals surface area contributed by atoms with Gasteiger partial charge in [-0.15, -0.1) is 11.3 Å². The number of thiazole rings is 1. The van der Waals surface area contributed by atoms with E-state index in [9.17, 15) is 0 Å². The van der Waals surface area contributed by atoms with Gasteiger partial charge < -0.3 is 10.6 Å². The highest BCUT2D eigenvalue weighted by Crippen LogP contribution is 2.21. The zero-order valence-electron chi connectivity index (χ0n) is 11.0. The maximum atomic E-state index is 5.61. The predicted octanol–water partition coefficient (Wildman–Crippen LogP) is 2.25. The van der Waals surface area contributed by atoms with Gasteiger partial charge in [0.25, 0.3) is 0 Å². The van der Waals surface area contributed by atoms with Gasteiger partial charge in [-0.25, -0.2) is 9.97 Å². The van der Waals surface area contributed by atoms with Crippen molar-refractivity contribution >= 4 is 17.2 Å². The fourth-order valence-corrected chi connectivity index (χ4v) is 2.73. The molecular formula is C13H18N4S. The minimum atomic E-state index is 0.534. The van der Waals surface area contributed by atoms with E-state index in [0.29, 0.717) is 6.54 Å². The Labute approximate surface area is 111 Å². The quantitative estimate of drug-likeness (QED) is 0.918. The summed E-state index contributed by atoms with van der Waals surface area (Å²) in [6.07, 6.45) is 1.85. The normalized spacial score (nSPS) is 10.7. The second-order valence-corrected chi connectivity index (χ2v) is 5.34. The number of hydrogen-bond acceptors (Lipinski definition) is 5. The van der Waals surface area contributed by atoms with Crippen LogP contribution < -0.4 is 10.6 Å². The van der Waals surface area contributed by atoms with Gasteiger partial charge in [-0.1, -0.05) is 0 Å². The molecule has 0 aromatic carbocycles. The van der Waals surface area contributed by atoms with Crippen molar-refractivity contribution < 1.29 is 0 Å². The molecule has 4 nitrogen and oxygen atoms in total. The fourth-order valence-electron chi connectivity index (χ4n) is 1.91. The Bertz CT molecular complexity index is 536. The number of aromatic nitrogens is 2. The fraction of sp³-hybridized carbons (Fsp3) is 0.385. The van der Waals surface area contributed by atoms with Gasteiger partial charge in [0.1, 0.15) is 5.82 Å². The average molecular weight is 262 g/mol. The van der Waals surface area contributed by atoms with Gasteiger partial charge in [-0.05, 0) is 31.0 Å². The molecule has 0 unspecified atom stereocenters. The minimum absolute atomic E-state index is 0.534.